The molecule has 0 spiro atoms. The zero-order valence-corrected chi connectivity index (χ0v) is 15.2. The number of hydrogen-bond donors (Lipinski definition) is 1. The Hall–Kier alpha value is -2.74. The number of nitrogens with zero attached hydrogens (tertiary/aromatic N) is 6. The van der Waals surface area contributed by atoms with Crippen molar-refractivity contribution in [2.24, 2.45) is 0 Å². The first-order valence-electron chi connectivity index (χ1n) is 9.52. The van der Waals surface area contributed by atoms with Crippen molar-refractivity contribution in [2.75, 3.05) is 24.7 Å². The van der Waals surface area contributed by atoms with Crippen LogP contribution in [-0.4, -0.2) is 49.5 Å². The molecule has 0 amide bonds. The van der Waals surface area contributed by atoms with Crippen LogP contribution in [-0.2, 0) is 17.7 Å². The van der Waals surface area contributed by atoms with Crippen molar-refractivity contribution < 1.29 is 4.74 Å². The molecule has 1 saturated heterocycles. The molecule has 5 heterocycles. The first-order valence-corrected chi connectivity index (χ1v) is 9.52. The Morgan fingerprint density at radius 3 is 2.74 bits per heavy atom. The number of imidazole rings is 1. The summed E-state index contributed by atoms with van der Waals surface area (Å²) in [6, 6.07) is 4.37. The lowest BCUT2D eigenvalue weighted by Crippen LogP contribution is -2.39. The zero-order valence-electron chi connectivity index (χ0n) is 15.2. The lowest BCUT2D eigenvalue weighted by Gasteiger charge is -2.36. The molecule has 0 aromatic carbocycles. The highest BCUT2D eigenvalue weighted by Crippen LogP contribution is 2.33. The van der Waals surface area contributed by atoms with Crippen molar-refractivity contribution in [1.29, 1.82) is 0 Å². The van der Waals surface area contributed by atoms with Crippen molar-refractivity contribution in [3.63, 3.8) is 0 Å². The van der Waals surface area contributed by atoms with Gasteiger partial charge in [0.2, 0.25) is 0 Å². The van der Waals surface area contributed by atoms with Gasteiger partial charge in [-0.1, -0.05) is 0 Å². The van der Waals surface area contributed by atoms with Crippen LogP contribution < -0.4 is 4.90 Å². The van der Waals surface area contributed by atoms with E-state index in [1.807, 2.05) is 18.6 Å². The maximum atomic E-state index is 5.54. The average Bonchev–Trinajstić information content (AvgIpc) is 3.39. The van der Waals surface area contributed by atoms with Crippen LogP contribution in [0.4, 0.5) is 5.69 Å². The lowest BCUT2D eigenvalue weighted by atomic mass is 9.98. The van der Waals surface area contributed by atoms with Crippen molar-refractivity contribution in [3.05, 3.63) is 54.4 Å². The van der Waals surface area contributed by atoms with E-state index in [1.54, 1.807) is 6.33 Å². The average molecular weight is 365 g/mol. The number of ether oxygens (including phenoxy) is 1. The Bertz CT molecular complexity index is 871. The molecule has 2 aliphatic heterocycles. The van der Waals surface area contributed by atoms with Crippen LogP contribution in [0.5, 0.6) is 0 Å². The third kappa shape index (κ3) is 3.21. The molecular weight excluding hydrogens is 342 g/mol. The van der Waals surface area contributed by atoms with Gasteiger partial charge in [-0.05, 0) is 25.0 Å². The minimum absolute atomic E-state index is 0.259. The summed E-state index contributed by atoms with van der Waals surface area (Å²) in [5.74, 6) is 2.58. The number of aromatic nitrogens is 6. The molecule has 0 unspecified atom stereocenters. The van der Waals surface area contributed by atoms with Crippen LogP contribution in [0.1, 0.15) is 42.1 Å². The standard InChI is InChI=1S/C19H23N7O/c1-5-20-6-2-16(1)25-11-17(9-15-10-21-13-22-15)26-18(12-25)23-24-19(26)14-3-7-27-8-4-14/h1-2,5-6,10,13-14,17H,3-4,7-9,11-12H2,(H,21,22)/t17-/m0/s1. The Morgan fingerprint density at radius 1 is 1.11 bits per heavy atom. The van der Waals surface area contributed by atoms with E-state index in [2.05, 4.69) is 46.7 Å². The molecule has 3 aromatic rings. The third-order valence-corrected chi connectivity index (χ3v) is 5.55. The first kappa shape index (κ1) is 16.4. The second-order valence-corrected chi connectivity index (χ2v) is 7.25. The SMILES string of the molecule is c1cc(N2Cc3nnc(C4CCOCC4)n3[C@@H](Cc3cnc[nH]3)C2)ccn1. The molecule has 0 radical (unpaired) electrons. The number of anilines is 1. The number of H-pyrrole nitrogens is 1. The molecule has 5 rings (SSSR count). The maximum absolute atomic E-state index is 5.54. The monoisotopic (exact) mass is 365 g/mol. The first-order chi connectivity index (χ1) is 13.4. The van der Waals surface area contributed by atoms with Crippen molar-refractivity contribution in [3.8, 4) is 0 Å². The highest BCUT2D eigenvalue weighted by atomic mass is 16.5. The van der Waals surface area contributed by atoms with Gasteiger partial charge in [0.1, 0.15) is 5.82 Å². The molecule has 0 aliphatic carbocycles. The summed E-state index contributed by atoms with van der Waals surface area (Å²) in [6.45, 7) is 3.28. The van der Waals surface area contributed by atoms with Crippen molar-refractivity contribution >= 4 is 5.69 Å². The normalized spacial score (nSPS) is 20.6. The fourth-order valence-electron chi connectivity index (χ4n) is 4.21. The van der Waals surface area contributed by atoms with Crippen LogP contribution in [0.15, 0.2) is 37.1 Å². The van der Waals surface area contributed by atoms with Crippen molar-refractivity contribution in [2.45, 2.75) is 37.8 Å². The van der Waals surface area contributed by atoms with Crippen LogP contribution in [0.25, 0.3) is 0 Å². The molecule has 0 saturated carbocycles. The van der Waals surface area contributed by atoms with E-state index in [0.717, 1.165) is 62.9 Å². The molecule has 0 bridgehead atoms. The fraction of sp³-hybridized carbons (Fsp3) is 0.474. The number of nitrogens with one attached hydrogen (secondary N) is 1. The number of fused-ring (bicyclic) bond motifs is 1. The number of aromatic amines is 1. The quantitative estimate of drug-likeness (QED) is 0.762. The van der Waals surface area contributed by atoms with Gasteiger partial charge in [-0.3, -0.25) is 4.98 Å². The van der Waals surface area contributed by atoms with Crippen LogP contribution in [0.2, 0.25) is 0 Å². The van der Waals surface area contributed by atoms with E-state index in [0.29, 0.717) is 5.92 Å². The van der Waals surface area contributed by atoms with Crippen molar-refractivity contribution in [1.82, 2.24) is 29.7 Å². The minimum atomic E-state index is 0.259. The molecule has 3 aromatic heterocycles. The smallest absolute Gasteiger partial charge is 0.152 e. The van der Waals surface area contributed by atoms with Gasteiger partial charge in [0.15, 0.2) is 5.82 Å². The maximum Gasteiger partial charge on any atom is 0.152 e. The van der Waals surface area contributed by atoms with Gasteiger partial charge in [-0.2, -0.15) is 0 Å². The second kappa shape index (κ2) is 7.11. The Morgan fingerprint density at radius 2 is 1.96 bits per heavy atom. The highest BCUT2D eigenvalue weighted by Gasteiger charge is 2.33. The van der Waals surface area contributed by atoms with Crippen LogP contribution in [0.3, 0.4) is 0 Å². The number of hydrogen-bond acceptors (Lipinski definition) is 6. The molecule has 1 atom stereocenters. The predicted molar refractivity (Wildman–Crippen MR) is 99.4 cm³/mol. The predicted octanol–water partition coefficient (Wildman–Crippen LogP) is 2.09. The van der Waals surface area contributed by atoms with Gasteiger partial charge >= 0.3 is 0 Å². The summed E-state index contributed by atoms with van der Waals surface area (Å²) in [6.07, 6.45) is 10.2. The van der Waals surface area contributed by atoms with Gasteiger partial charge in [0.05, 0.1) is 18.9 Å². The van der Waals surface area contributed by atoms with Crippen LogP contribution in [0, 0.1) is 0 Å². The number of pyridine rings is 1. The molecule has 8 heteroatoms. The Kier molecular flexibility index (Phi) is 4.33. The Balaban J connectivity index is 1.50. The summed E-state index contributed by atoms with van der Waals surface area (Å²) < 4.78 is 7.93. The summed E-state index contributed by atoms with van der Waals surface area (Å²) in [4.78, 5) is 13.9. The summed E-state index contributed by atoms with van der Waals surface area (Å²) in [5, 5.41) is 9.20. The van der Waals surface area contributed by atoms with E-state index in [-0.39, 0.29) is 6.04 Å². The molecule has 8 nitrogen and oxygen atoms in total. The second-order valence-electron chi connectivity index (χ2n) is 7.25. The third-order valence-electron chi connectivity index (χ3n) is 5.55. The van der Waals surface area contributed by atoms with E-state index < -0.39 is 0 Å². The molecule has 1 N–H and O–H groups in total. The van der Waals surface area contributed by atoms with Gasteiger partial charge in [-0.25, -0.2) is 4.98 Å². The fourth-order valence-corrected chi connectivity index (χ4v) is 4.21. The highest BCUT2D eigenvalue weighted by molar-refractivity contribution is 5.45. The molecule has 27 heavy (non-hydrogen) atoms. The summed E-state index contributed by atoms with van der Waals surface area (Å²) >= 11 is 0. The number of rotatable bonds is 4. The largest absolute Gasteiger partial charge is 0.381 e. The van der Waals surface area contributed by atoms with Crippen LogP contribution >= 0.6 is 0 Å². The van der Waals surface area contributed by atoms with E-state index in [1.165, 1.54) is 5.69 Å². The zero-order chi connectivity index (χ0) is 18.1. The Labute approximate surface area is 157 Å². The van der Waals surface area contributed by atoms with Gasteiger partial charge in [0, 0.05) is 62.1 Å². The van der Waals surface area contributed by atoms with Gasteiger partial charge < -0.3 is 19.2 Å². The molecular formula is C19H23N7O. The summed E-state index contributed by atoms with van der Waals surface area (Å²) in [5.41, 5.74) is 2.30. The topological polar surface area (TPSA) is 84.8 Å². The van der Waals surface area contributed by atoms with E-state index in [9.17, 15) is 0 Å². The minimum Gasteiger partial charge on any atom is -0.381 e. The van der Waals surface area contributed by atoms with Gasteiger partial charge in [-0.15, -0.1) is 10.2 Å². The lowest BCUT2D eigenvalue weighted by molar-refractivity contribution is 0.0822. The van der Waals surface area contributed by atoms with Gasteiger partial charge in [0.25, 0.3) is 0 Å². The molecule has 2 aliphatic rings. The van der Waals surface area contributed by atoms with E-state index >= 15 is 0 Å². The molecule has 140 valence electrons. The van der Waals surface area contributed by atoms with E-state index in [4.69, 9.17) is 4.74 Å². The molecule has 1 fully saturated rings. The summed E-state index contributed by atoms with van der Waals surface area (Å²) in [7, 11) is 0.